The summed E-state index contributed by atoms with van der Waals surface area (Å²) in [6.45, 7) is 0.523. The average molecular weight is 179 g/mol. The zero-order valence-electron chi connectivity index (χ0n) is 6.84. The van der Waals surface area contributed by atoms with Gasteiger partial charge in [0.05, 0.1) is 13.2 Å². The Bertz CT molecular complexity index is 136. The average Bonchev–Trinajstić information content (AvgIpc) is 1.98. The van der Waals surface area contributed by atoms with Gasteiger partial charge in [0.2, 0.25) is 6.54 Å². The largest absolute Gasteiger partial charge is 0.394 e. The highest BCUT2D eigenvalue weighted by Crippen LogP contribution is 1.97. The van der Waals surface area contributed by atoms with Crippen molar-refractivity contribution in [1.82, 2.24) is 0 Å². The van der Waals surface area contributed by atoms with Crippen LogP contribution in [0.4, 0.5) is 0 Å². The molecule has 1 atom stereocenters. The summed E-state index contributed by atoms with van der Waals surface area (Å²) in [5.41, 5.74) is 0. The fourth-order valence-corrected chi connectivity index (χ4v) is 0.725. The van der Waals surface area contributed by atoms with Gasteiger partial charge < -0.3 is 14.9 Å². The van der Waals surface area contributed by atoms with Crippen LogP contribution in [0, 0.1) is 10.1 Å². The summed E-state index contributed by atoms with van der Waals surface area (Å²) in [7, 11) is 0. The molecular formula is C6H13NO5. The zero-order valence-corrected chi connectivity index (χ0v) is 6.84. The lowest BCUT2D eigenvalue weighted by Crippen LogP contribution is -2.30. The van der Waals surface area contributed by atoms with Crippen LogP contribution in [0.5, 0.6) is 0 Å². The van der Waals surface area contributed by atoms with Gasteiger partial charge in [-0.1, -0.05) is 0 Å². The maximum Gasteiger partial charge on any atom is 0.229 e. The minimum atomic E-state index is -0.722. The van der Waals surface area contributed by atoms with Gasteiger partial charge in [-0.05, 0) is 6.92 Å². The summed E-state index contributed by atoms with van der Waals surface area (Å²) in [5, 5.41) is 27.1. The van der Waals surface area contributed by atoms with E-state index in [0.29, 0.717) is 0 Å². The van der Waals surface area contributed by atoms with Gasteiger partial charge in [0.15, 0.2) is 0 Å². The molecule has 0 radical (unpaired) electrons. The number of rotatable bonds is 6. The van der Waals surface area contributed by atoms with Crippen LogP contribution in [0.25, 0.3) is 0 Å². The van der Waals surface area contributed by atoms with Crippen molar-refractivity contribution < 1.29 is 19.9 Å². The fraction of sp³-hybridized carbons (Fsp3) is 1.00. The van der Waals surface area contributed by atoms with Crippen LogP contribution in [0.15, 0.2) is 0 Å². The maximum atomic E-state index is 9.97. The molecule has 6 nitrogen and oxygen atoms in total. The molecule has 0 aliphatic carbocycles. The molecule has 2 N–H and O–H groups in total. The molecule has 0 heterocycles. The van der Waals surface area contributed by atoms with Gasteiger partial charge >= 0.3 is 0 Å². The lowest BCUT2D eigenvalue weighted by molar-refractivity contribution is -0.491. The molecule has 0 fully saturated rings. The molecular weight excluding hydrogens is 166 g/mol. The first-order valence-corrected chi connectivity index (χ1v) is 3.59. The van der Waals surface area contributed by atoms with Gasteiger partial charge in [0.1, 0.15) is 12.2 Å². The minimum absolute atomic E-state index is 0.323. The van der Waals surface area contributed by atoms with E-state index in [4.69, 9.17) is 14.9 Å². The lowest BCUT2D eigenvalue weighted by atomic mass is 10.3. The second-order valence-corrected chi connectivity index (χ2v) is 2.45. The van der Waals surface area contributed by atoms with E-state index in [1.54, 1.807) is 0 Å². The van der Waals surface area contributed by atoms with Crippen LogP contribution in [0.3, 0.4) is 0 Å². The highest BCUT2D eigenvalue weighted by atomic mass is 16.6. The SMILES string of the molecule is CC(C[N+](=O)[O-])OC(CO)CO. The van der Waals surface area contributed by atoms with E-state index in [2.05, 4.69) is 0 Å². The fourth-order valence-electron chi connectivity index (χ4n) is 0.725. The topological polar surface area (TPSA) is 92.8 Å². The molecule has 0 amide bonds. The summed E-state index contributed by atoms with van der Waals surface area (Å²) in [4.78, 5) is 9.46. The Kier molecular flexibility index (Phi) is 5.52. The molecule has 0 aliphatic rings. The third kappa shape index (κ3) is 5.00. The van der Waals surface area contributed by atoms with Crippen molar-refractivity contribution in [2.24, 2.45) is 0 Å². The quantitative estimate of drug-likeness (QED) is 0.404. The van der Waals surface area contributed by atoms with Crippen molar-refractivity contribution in [3.05, 3.63) is 10.1 Å². The molecule has 6 heteroatoms. The van der Waals surface area contributed by atoms with Gasteiger partial charge in [0.25, 0.3) is 0 Å². The normalized spacial score (nSPS) is 13.3. The van der Waals surface area contributed by atoms with Crippen LogP contribution in [0.1, 0.15) is 6.92 Å². The van der Waals surface area contributed by atoms with E-state index in [0.717, 1.165) is 0 Å². The van der Waals surface area contributed by atoms with E-state index in [-0.39, 0.29) is 19.8 Å². The first kappa shape index (κ1) is 11.3. The molecule has 0 saturated carbocycles. The van der Waals surface area contributed by atoms with E-state index in [1.165, 1.54) is 6.92 Å². The van der Waals surface area contributed by atoms with E-state index < -0.39 is 17.1 Å². The second-order valence-electron chi connectivity index (χ2n) is 2.45. The third-order valence-electron chi connectivity index (χ3n) is 1.24. The van der Waals surface area contributed by atoms with E-state index in [1.807, 2.05) is 0 Å². The minimum Gasteiger partial charge on any atom is -0.394 e. The van der Waals surface area contributed by atoms with Crippen LogP contribution in [-0.4, -0.2) is 47.1 Å². The monoisotopic (exact) mass is 179 g/mol. The molecule has 72 valence electrons. The molecule has 0 aromatic carbocycles. The first-order chi connectivity index (χ1) is 5.60. The first-order valence-electron chi connectivity index (χ1n) is 3.59. The highest BCUT2D eigenvalue weighted by Gasteiger charge is 2.15. The van der Waals surface area contributed by atoms with Crippen molar-refractivity contribution >= 4 is 0 Å². The van der Waals surface area contributed by atoms with Crippen LogP contribution >= 0.6 is 0 Å². The summed E-state index contributed by atoms with van der Waals surface area (Å²) in [6, 6.07) is 0. The molecule has 0 rings (SSSR count). The molecule has 0 spiro atoms. The Balaban J connectivity index is 3.65. The molecule has 0 saturated heterocycles. The summed E-state index contributed by atoms with van der Waals surface area (Å²) in [6.07, 6.45) is -1.32. The van der Waals surface area contributed by atoms with Crippen molar-refractivity contribution in [2.45, 2.75) is 19.1 Å². The summed E-state index contributed by atoms with van der Waals surface area (Å²) < 4.78 is 4.92. The van der Waals surface area contributed by atoms with E-state index >= 15 is 0 Å². The van der Waals surface area contributed by atoms with Gasteiger partial charge in [-0.3, -0.25) is 10.1 Å². The highest BCUT2D eigenvalue weighted by molar-refractivity contribution is 4.56. The van der Waals surface area contributed by atoms with Crippen LogP contribution < -0.4 is 0 Å². The Morgan fingerprint density at radius 2 is 2.00 bits per heavy atom. The number of hydrogen-bond acceptors (Lipinski definition) is 5. The van der Waals surface area contributed by atoms with Crippen molar-refractivity contribution in [1.29, 1.82) is 0 Å². The zero-order chi connectivity index (χ0) is 9.56. The molecule has 0 aromatic rings. The Hall–Kier alpha value is -0.720. The third-order valence-corrected chi connectivity index (χ3v) is 1.24. The number of ether oxygens (including phenoxy) is 1. The summed E-state index contributed by atoms with van der Waals surface area (Å²) >= 11 is 0. The standard InChI is InChI=1S/C6H13NO5/c1-5(2-7(10)11)12-6(3-8)4-9/h5-6,8-9H,2-4H2,1H3. The molecule has 12 heavy (non-hydrogen) atoms. The van der Waals surface area contributed by atoms with Crippen molar-refractivity contribution in [3.63, 3.8) is 0 Å². The van der Waals surface area contributed by atoms with E-state index in [9.17, 15) is 10.1 Å². The number of hydrogen-bond donors (Lipinski definition) is 2. The van der Waals surface area contributed by atoms with Crippen molar-refractivity contribution in [3.8, 4) is 0 Å². The van der Waals surface area contributed by atoms with Gasteiger partial charge in [-0.25, -0.2) is 0 Å². The Morgan fingerprint density at radius 1 is 1.50 bits per heavy atom. The Morgan fingerprint density at radius 3 is 2.33 bits per heavy atom. The lowest BCUT2D eigenvalue weighted by Gasteiger charge is -2.15. The molecule has 1 unspecified atom stereocenters. The predicted octanol–water partition coefficient (Wildman–Crippen LogP) is -0.979. The van der Waals surface area contributed by atoms with Crippen molar-refractivity contribution in [2.75, 3.05) is 19.8 Å². The van der Waals surface area contributed by atoms with Gasteiger partial charge in [-0.2, -0.15) is 0 Å². The van der Waals surface area contributed by atoms with Gasteiger partial charge in [0, 0.05) is 4.92 Å². The smallest absolute Gasteiger partial charge is 0.229 e. The Labute approximate surface area is 69.9 Å². The molecule has 0 bridgehead atoms. The van der Waals surface area contributed by atoms with Crippen LogP contribution in [0.2, 0.25) is 0 Å². The molecule has 0 aliphatic heterocycles. The molecule has 0 aromatic heterocycles. The van der Waals surface area contributed by atoms with Crippen LogP contribution in [-0.2, 0) is 4.74 Å². The number of nitrogens with zero attached hydrogens (tertiary/aromatic N) is 1. The van der Waals surface area contributed by atoms with Gasteiger partial charge in [-0.15, -0.1) is 0 Å². The second kappa shape index (κ2) is 5.87. The number of aliphatic hydroxyl groups excluding tert-OH is 2. The number of nitro groups is 1. The summed E-state index contributed by atoms with van der Waals surface area (Å²) in [5.74, 6) is 0. The maximum absolute atomic E-state index is 9.97. The number of aliphatic hydroxyl groups is 2. The predicted molar refractivity (Wildman–Crippen MR) is 40.4 cm³/mol.